The highest BCUT2D eigenvalue weighted by molar-refractivity contribution is 6.16. The van der Waals surface area contributed by atoms with Crippen LogP contribution in [0.4, 0.5) is 17.1 Å². The molecule has 0 atom stereocenters. The van der Waals surface area contributed by atoms with Crippen molar-refractivity contribution in [3.05, 3.63) is 267 Å². The summed E-state index contributed by atoms with van der Waals surface area (Å²) in [6, 6.07) is 96.8. The first-order chi connectivity index (χ1) is 32.7. The van der Waals surface area contributed by atoms with E-state index in [2.05, 4.69) is 276 Å². The van der Waals surface area contributed by atoms with Gasteiger partial charge in [0.2, 0.25) is 0 Å². The van der Waals surface area contributed by atoms with Crippen LogP contribution in [0.25, 0.3) is 93.9 Å². The molecule has 0 saturated carbocycles. The van der Waals surface area contributed by atoms with E-state index >= 15 is 0 Å². The largest absolute Gasteiger partial charge is 0.310 e. The Morgan fingerprint density at radius 3 is 1.44 bits per heavy atom. The van der Waals surface area contributed by atoms with E-state index in [0.29, 0.717) is 0 Å². The fourth-order valence-electron chi connectivity index (χ4n) is 9.89. The summed E-state index contributed by atoms with van der Waals surface area (Å²) in [4.78, 5) is 2.39. The van der Waals surface area contributed by atoms with Gasteiger partial charge < -0.3 is 9.47 Å². The average Bonchev–Trinajstić information content (AvgIpc) is 3.74. The Labute approximate surface area is 385 Å². The van der Waals surface area contributed by atoms with Crippen LogP contribution in [0.1, 0.15) is 0 Å². The summed E-state index contributed by atoms with van der Waals surface area (Å²) in [5.74, 6) is 0. The van der Waals surface area contributed by atoms with Gasteiger partial charge in [0.25, 0.3) is 0 Å². The molecular formula is C64H44N2. The maximum atomic E-state index is 2.39. The summed E-state index contributed by atoms with van der Waals surface area (Å²) < 4.78 is 2.39. The molecule has 0 spiro atoms. The van der Waals surface area contributed by atoms with Crippen molar-refractivity contribution >= 4 is 49.6 Å². The predicted molar refractivity (Wildman–Crippen MR) is 280 cm³/mol. The molecule has 11 aromatic carbocycles. The third-order valence-corrected chi connectivity index (χ3v) is 13.0. The number of fused-ring (bicyclic) bond motifs is 4. The number of benzene rings is 11. The number of hydrogen-bond acceptors (Lipinski definition) is 1. The zero-order valence-electron chi connectivity index (χ0n) is 36.3. The molecule has 1 heterocycles. The van der Waals surface area contributed by atoms with Crippen LogP contribution in [0.3, 0.4) is 0 Å². The lowest BCUT2D eigenvalue weighted by atomic mass is 9.94. The van der Waals surface area contributed by atoms with Crippen molar-refractivity contribution in [3.8, 4) is 61.3 Å². The van der Waals surface area contributed by atoms with Crippen LogP contribution in [0.15, 0.2) is 267 Å². The highest BCUT2D eigenvalue weighted by atomic mass is 15.1. The fraction of sp³-hybridized carbons (Fsp3) is 0. The van der Waals surface area contributed by atoms with E-state index < -0.39 is 0 Å². The van der Waals surface area contributed by atoms with Crippen LogP contribution in [0.2, 0.25) is 0 Å². The maximum Gasteiger partial charge on any atom is 0.0547 e. The Morgan fingerprint density at radius 2 is 0.712 bits per heavy atom. The molecule has 0 fully saturated rings. The molecule has 0 aliphatic carbocycles. The molecule has 12 aromatic rings. The summed E-state index contributed by atoms with van der Waals surface area (Å²) in [6.07, 6.45) is 0. The number of anilines is 3. The Morgan fingerprint density at radius 1 is 0.258 bits per heavy atom. The minimum Gasteiger partial charge on any atom is -0.310 e. The predicted octanol–water partition coefficient (Wildman–Crippen LogP) is 17.7. The number of para-hydroxylation sites is 2. The van der Waals surface area contributed by atoms with Gasteiger partial charge in [0.1, 0.15) is 0 Å². The zero-order chi connectivity index (χ0) is 43.8. The maximum absolute atomic E-state index is 2.39. The van der Waals surface area contributed by atoms with Crippen molar-refractivity contribution in [1.82, 2.24) is 4.57 Å². The Kier molecular flexibility index (Phi) is 9.89. The minimum absolute atomic E-state index is 1.08. The van der Waals surface area contributed by atoms with Gasteiger partial charge in [-0.15, -0.1) is 0 Å². The van der Waals surface area contributed by atoms with Crippen LogP contribution in [-0.4, -0.2) is 4.57 Å². The molecule has 12 rings (SSSR count). The summed E-state index contributed by atoms with van der Waals surface area (Å²) in [6.45, 7) is 0. The monoisotopic (exact) mass is 840 g/mol. The topological polar surface area (TPSA) is 8.17 Å². The molecule has 0 amide bonds. The second-order valence-corrected chi connectivity index (χ2v) is 16.9. The molecule has 0 unspecified atom stereocenters. The van der Waals surface area contributed by atoms with Crippen LogP contribution >= 0.6 is 0 Å². The standard InChI is InChI=1S/C64H44N2/c1-3-16-47(17-4-1)56-25-9-10-26-58(56)50-38-42-54(43-39-50)65(53-40-36-46(37-41-53)45-32-34-49(35-33-45)59-28-14-19-48-18-7-8-24-57(48)59)55-23-13-20-51(44-55)60-29-15-31-63-64(60)61-27-11-12-30-62(61)66(63)52-21-5-2-6-22-52/h1-44H. The summed E-state index contributed by atoms with van der Waals surface area (Å²) in [5.41, 5.74) is 18.8. The second-order valence-electron chi connectivity index (χ2n) is 16.9. The molecule has 0 aliphatic heterocycles. The van der Waals surface area contributed by atoms with E-state index in [4.69, 9.17) is 0 Å². The lowest BCUT2D eigenvalue weighted by Crippen LogP contribution is -2.10. The van der Waals surface area contributed by atoms with Gasteiger partial charge in [-0.1, -0.05) is 206 Å². The normalized spacial score (nSPS) is 11.3. The van der Waals surface area contributed by atoms with Crippen LogP contribution in [0.5, 0.6) is 0 Å². The fourth-order valence-corrected chi connectivity index (χ4v) is 9.89. The average molecular weight is 841 g/mol. The molecule has 0 N–H and O–H groups in total. The van der Waals surface area contributed by atoms with Crippen molar-refractivity contribution in [1.29, 1.82) is 0 Å². The summed E-state index contributed by atoms with van der Waals surface area (Å²) in [7, 11) is 0. The van der Waals surface area contributed by atoms with Crippen LogP contribution < -0.4 is 4.90 Å². The first kappa shape index (κ1) is 38.9. The number of nitrogens with zero attached hydrogens (tertiary/aromatic N) is 2. The SMILES string of the molecule is c1ccc(-c2ccccc2-c2ccc(N(c3ccc(-c4ccc(-c5cccc6ccccc56)cc4)cc3)c3cccc(-c4cccc5c4c4ccccc4n5-c4ccccc4)c3)cc2)cc1. The first-order valence-corrected chi connectivity index (χ1v) is 22.7. The third-order valence-electron chi connectivity index (χ3n) is 13.0. The van der Waals surface area contributed by atoms with Gasteiger partial charge in [-0.05, 0) is 127 Å². The Bertz CT molecular complexity index is 3660. The summed E-state index contributed by atoms with van der Waals surface area (Å²) in [5, 5.41) is 5.01. The van der Waals surface area contributed by atoms with Gasteiger partial charge >= 0.3 is 0 Å². The van der Waals surface area contributed by atoms with Gasteiger partial charge in [-0.25, -0.2) is 0 Å². The summed E-state index contributed by atoms with van der Waals surface area (Å²) >= 11 is 0. The van der Waals surface area contributed by atoms with E-state index in [0.717, 1.165) is 28.3 Å². The molecule has 0 aliphatic rings. The minimum atomic E-state index is 1.08. The zero-order valence-corrected chi connectivity index (χ0v) is 36.3. The van der Waals surface area contributed by atoms with E-state index in [1.165, 1.54) is 82.6 Å². The second kappa shape index (κ2) is 16.8. The van der Waals surface area contributed by atoms with Crippen molar-refractivity contribution < 1.29 is 0 Å². The van der Waals surface area contributed by atoms with Gasteiger partial charge in [-0.2, -0.15) is 0 Å². The lowest BCUT2D eigenvalue weighted by molar-refractivity contribution is 1.18. The number of hydrogen-bond donors (Lipinski definition) is 0. The molecule has 1 aromatic heterocycles. The van der Waals surface area contributed by atoms with Crippen LogP contribution in [-0.2, 0) is 0 Å². The number of rotatable bonds is 9. The Balaban J connectivity index is 0.954. The van der Waals surface area contributed by atoms with Crippen molar-refractivity contribution in [2.45, 2.75) is 0 Å². The van der Waals surface area contributed by atoms with Gasteiger partial charge in [0, 0.05) is 33.5 Å². The quantitative estimate of drug-likeness (QED) is 0.141. The van der Waals surface area contributed by atoms with E-state index in [-0.39, 0.29) is 0 Å². The lowest BCUT2D eigenvalue weighted by Gasteiger charge is -2.26. The molecular weight excluding hydrogens is 797 g/mol. The highest BCUT2D eigenvalue weighted by Crippen LogP contribution is 2.43. The van der Waals surface area contributed by atoms with Crippen molar-refractivity contribution in [2.24, 2.45) is 0 Å². The third kappa shape index (κ3) is 7.02. The van der Waals surface area contributed by atoms with Crippen molar-refractivity contribution in [3.63, 3.8) is 0 Å². The van der Waals surface area contributed by atoms with Gasteiger partial charge in [-0.3, -0.25) is 0 Å². The molecule has 310 valence electrons. The molecule has 2 nitrogen and oxygen atoms in total. The van der Waals surface area contributed by atoms with E-state index in [1.54, 1.807) is 0 Å². The first-order valence-electron chi connectivity index (χ1n) is 22.7. The van der Waals surface area contributed by atoms with Gasteiger partial charge in [0.15, 0.2) is 0 Å². The highest BCUT2D eigenvalue weighted by Gasteiger charge is 2.19. The smallest absolute Gasteiger partial charge is 0.0547 e. The molecule has 2 heteroatoms. The Hall–Kier alpha value is -8.72. The van der Waals surface area contributed by atoms with Gasteiger partial charge in [0.05, 0.1) is 11.0 Å². The van der Waals surface area contributed by atoms with E-state index in [1.807, 2.05) is 0 Å². The molecule has 0 saturated heterocycles. The van der Waals surface area contributed by atoms with Crippen LogP contribution in [0, 0.1) is 0 Å². The van der Waals surface area contributed by atoms with E-state index in [9.17, 15) is 0 Å². The molecule has 66 heavy (non-hydrogen) atoms. The van der Waals surface area contributed by atoms with Crippen molar-refractivity contribution in [2.75, 3.05) is 4.90 Å². The molecule has 0 radical (unpaired) electrons. The molecule has 0 bridgehead atoms. The number of aromatic nitrogens is 1.